The van der Waals surface area contributed by atoms with Crippen LogP contribution in [0.15, 0.2) is 54.9 Å². The number of hydrogen-bond acceptors (Lipinski definition) is 5. The number of benzene rings is 2. The van der Waals surface area contributed by atoms with E-state index in [1.54, 1.807) is 24.3 Å². The maximum Gasteiger partial charge on any atom is 0.269 e. The Morgan fingerprint density at radius 3 is 1.86 bits per heavy atom. The van der Waals surface area contributed by atoms with Crippen molar-refractivity contribution in [2.24, 2.45) is 0 Å². The molecule has 0 bridgehead atoms. The number of hydrogen-bond donors (Lipinski definition) is 0. The van der Waals surface area contributed by atoms with Gasteiger partial charge in [-0.1, -0.05) is 11.6 Å². The first-order chi connectivity index (χ1) is 10.6. The summed E-state index contributed by atoms with van der Waals surface area (Å²) in [6.07, 6.45) is 1.41. The van der Waals surface area contributed by atoms with Gasteiger partial charge in [-0.2, -0.15) is 0 Å². The van der Waals surface area contributed by atoms with Gasteiger partial charge in [-0.25, -0.2) is 15.0 Å². The Hall–Kier alpha value is -2.86. The molecule has 0 aliphatic rings. The number of nitro groups is 1. The second-order valence-electron chi connectivity index (χ2n) is 4.44. The van der Waals surface area contributed by atoms with Gasteiger partial charge in [0.2, 0.25) is 0 Å². The molecule has 0 spiro atoms. The lowest BCUT2D eigenvalue weighted by atomic mass is 10.2. The lowest BCUT2D eigenvalue weighted by molar-refractivity contribution is -0.384. The van der Waals surface area contributed by atoms with Gasteiger partial charge in [0.1, 0.15) is 6.33 Å². The molecule has 22 heavy (non-hydrogen) atoms. The molecule has 1 heterocycles. The van der Waals surface area contributed by atoms with Gasteiger partial charge in [0.05, 0.1) is 4.92 Å². The predicted octanol–water partition coefficient (Wildman–Crippen LogP) is 3.77. The van der Waals surface area contributed by atoms with Crippen LogP contribution in [-0.4, -0.2) is 19.9 Å². The van der Waals surface area contributed by atoms with E-state index in [0.717, 1.165) is 5.56 Å². The van der Waals surface area contributed by atoms with Crippen molar-refractivity contribution in [1.29, 1.82) is 0 Å². The van der Waals surface area contributed by atoms with E-state index in [2.05, 4.69) is 15.0 Å². The molecule has 0 saturated heterocycles. The largest absolute Gasteiger partial charge is 0.269 e. The molecule has 0 atom stereocenters. The van der Waals surface area contributed by atoms with E-state index >= 15 is 0 Å². The number of aromatic nitrogens is 3. The summed E-state index contributed by atoms with van der Waals surface area (Å²) in [7, 11) is 0. The molecule has 0 aliphatic carbocycles. The zero-order valence-corrected chi connectivity index (χ0v) is 11.9. The smallest absolute Gasteiger partial charge is 0.258 e. The minimum Gasteiger partial charge on any atom is -0.258 e. The van der Waals surface area contributed by atoms with Crippen LogP contribution in [0.5, 0.6) is 0 Å². The highest BCUT2D eigenvalue weighted by Crippen LogP contribution is 2.22. The molecule has 0 unspecified atom stereocenters. The second-order valence-corrected chi connectivity index (χ2v) is 4.88. The van der Waals surface area contributed by atoms with Crippen LogP contribution in [0.1, 0.15) is 0 Å². The second kappa shape index (κ2) is 5.87. The van der Waals surface area contributed by atoms with Gasteiger partial charge in [0.15, 0.2) is 11.6 Å². The predicted molar refractivity (Wildman–Crippen MR) is 82.4 cm³/mol. The molecule has 7 heteroatoms. The lowest BCUT2D eigenvalue weighted by Crippen LogP contribution is -1.95. The molecular formula is C15H9ClN4O2. The summed E-state index contributed by atoms with van der Waals surface area (Å²) >= 11 is 5.86. The third-order valence-electron chi connectivity index (χ3n) is 3.01. The number of non-ortho nitro benzene ring substituents is 1. The van der Waals surface area contributed by atoms with Gasteiger partial charge in [0, 0.05) is 28.3 Å². The van der Waals surface area contributed by atoms with Gasteiger partial charge >= 0.3 is 0 Å². The third-order valence-corrected chi connectivity index (χ3v) is 3.26. The summed E-state index contributed by atoms with van der Waals surface area (Å²) in [4.78, 5) is 22.8. The van der Waals surface area contributed by atoms with E-state index in [-0.39, 0.29) is 5.69 Å². The van der Waals surface area contributed by atoms with E-state index < -0.39 is 4.92 Å². The average Bonchev–Trinajstić information content (AvgIpc) is 2.56. The normalized spacial score (nSPS) is 10.4. The Labute approximate surface area is 130 Å². The first-order valence-electron chi connectivity index (χ1n) is 6.33. The molecule has 2 aromatic carbocycles. The maximum atomic E-state index is 10.7. The number of rotatable bonds is 3. The van der Waals surface area contributed by atoms with Crippen molar-refractivity contribution in [3.63, 3.8) is 0 Å². The molecule has 0 radical (unpaired) electrons. The van der Waals surface area contributed by atoms with Crippen LogP contribution in [0, 0.1) is 10.1 Å². The Morgan fingerprint density at radius 2 is 1.36 bits per heavy atom. The van der Waals surface area contributed by atoms with E-state index in [1.807, 2.05) is 12.1 Å². The fraction of sp³-hybridized carbons (Fsp3) is 0. The molecule has 108 valence electrons. The minimum atomic E-state index is -0.448. The van der Waals surface area contributed by atoms with E-state index in [4.69, 9.17) is 11.6 Å². The SMILES string of the molecule is O=[N+]([O-])c1ccc(-c2ncnc(-c3ccc(Cl)cc3)n2)cc1. The highest BCUT2D eigenvalue weighted by molar-refractivity contribution is 6.30. The minimum absolute atomic E-state index is 0.0238. The third kappa shape index (κ3) is 2.91. The van der Waals surface area contributed by atoms with Gasteiger partial charge in [-0.15, -0.1) is 0 Å². The summed E-state index contributed by atoms with van der Waals surface area (Å²) in [6.45, 7) is 0. The van der Waals surface area contributed by atoms with Crippen LogP contribution in [0.4, 0.5) is 5.69 Å². The van der Waals surface area contributed by atoms with Crippen LogP contribution in [0.25, 0.3) is 22.8 Å². The highest BCUT2D eigenvalue weighted by atomic mass is 35.5. The molecule has 6 nitrogen and oxygen atoms in total. The van der Waals surface area contributed by atoms with Crippen LogP contribution in [-0.2, 0) is 0 Å². The van der Waals surface area contributed by atoms with Gasteiger partial charge in [0.25, 0.3) is 5.69 Å². The van der Waals surface area contributed by atoms with Crippen LogP contribution >= 0.6 is 11.6 Å². The van der Waals surface area contributed by atoms with Crippen molar-refractivity contribution in [3.05, 3.63) is 70.0 Å². The van der Waals surface area contributed by atoms with E-state index in [1.165, 1.54) is 18.5 Å². The van der Waals surface area contributed by atoms with Gasteiger partial charge < -0.3 is 0 Å². The molecule has 3 rings (SSSR count). The Balaban J connectivity index is 1.97. The highest BCUT2D eigenvalue weighted by Gasteiger charge is 2.09. The molecule has 0 N–H and O–H groups in total. The molecule has 0 aliphatic heterocycles. The Morgan fingerprint density at radius 1 is 0.864 bits per heavy atom. The summed E-state index contributed by atoms with van der Waals surface area (Å²) in [6, 6.07) is 13.2. The van der Waals surface area contributed by atoms with Gasteiger partial charge in [-0.05, 0) is 36.4 Å². The molecule has 0 saturated carbocycles. The molecule has 1 aromatic heterocycles. The molecule has 0 amide bonds. The van der Waals surface area contributed by atoms with Gasteiger partial charge in [-0.3, -0.25) is 10.1 Å². The number of nitrogens with zero attached hydrogens (tertiary/aromatic N) is 4. The van der Waals surface area contributed by atoms with E-state index in [0.29, 0.717) is 22.2 Å². The Bertz CT molecular complexity index is 820. The monoisotopic (exact) mass is 312 g/mol. The quantitative estimate of drug-likeness (QED) is 0.543. The van der Waals surface area contributed by atoms with Crippen molar-refractivity contribution >= 4 is 17.3 Å². The summed E-state index contributed by atoms with van der Waals surface area (Å²) < 4.78 is 0. The van der Waals surface area contributed by atoms with Crippen molar-refractivity contribution < 1.29 is 4.92 Å². The first-order valence-corrected chi connectivity index (χ1v) is 6.71. The molecule has 0 fully saturated rings. The maximum absolute atomic E-state index is 10.7. The zero-order chi connectivity index (χ0) is 15.5. The van der Waals surface area contributed by atoms with Crippen molar-refractivity contribution in [3.8, 4) is 22.8 Å². The molecule has 3 aromatic rings. The summed E-state index contributed by atoms with van der Waals surface area (Å²) in [5, 5.41) is 11.3. The lowest BCUT2D eigenvalue weighted by Gasteiger charge is -2.03. The van der Waals surface area contributed by atoms with E-state index in [9.17, 15) is 10.1 Å². The fourth-order valence-electron chi connectivity index (χ4n) is 1.91. The summed E-state index contributed by atoms with van der Waals surface area (Å²) in [5.74, 6) is 0.967. The van der Waals surface area contributed by atoms with Crippen molar-refractivity contribution in [2.75, 3.05) is 0 Å². The van der Waals surface area contributed by atoms with Crippen molar-refractivity contribution in [1.82, 2.24) is 15.0 Å². The standard InChI is InChI=1S/C15H9ClN4O2/c16-12-5-1-10(2-6-12)14-17-9-18-15(19-14)11-3-7-13(8-4-11)20(21)22/h1-9H. The number of halogens is 1. The van der Waals surface area contributed by atoms with Crippen LogP contribution < -0.4 is 0 Å². The van der Waals surface area contributed by atoms with Crippen LogP contribution in [0.2, 0.25) is 5.02 Å². The first kappa shape index (κ1) is 14.1. The Kier molecular flexibility index (Phi) is 3.76. The summed E-state index contributed by atoms with van der Waals surface area (Å²) in [5.41, 5.74) is 1.52. The molecular weight excluding hydrogens is 304 g/mol. The van der Waals surface area contributed by atoms with Crippen molar-refractivity contribution in [2.45, 2.75) is 0 Å². The fourth-order valence-corrected chi connectivity index (χ4v) is 2.03. The average molecular weight is 313 g/mol. The number of nitro benzene ring substituents is 1. The topological polar surface area (TPSA) is 81.8 Å². The zero-order valence-electron chi connectivity index (χ0n) is 11.2. The van der Waals surface area contributed by atoms with Crippen LogP contribution in [0.3, 0.4) is 0 Å².